The monoisotopic (exact) mass is 268 g/mol. The first kappa shape index (κ1) is 14.6. The zero-order valence-corrected chi connectivity index (χ0v) is 12.7. The number of rotatable bonds is 4. The highest BCUT2D eigenvalue weighted by molar-refractivity contribution is 5.77. The van der Waals surface area contributed by atoms with Crippen LogP contribution in [0.5, 0.6) is 0 Å². The maximum atomic E-state index is 12.5. The maximum absolute atomic E-state index is 12.5. The summed E-state index contributed by atoms with van der Waals surface area (Å²) in [5, 5.41) is 0. The minimum Gasteiger partial charge on any atom is -0.330 e. The molecule has 2 aliphatic rings. The van der Waals surface area contributed by atoms with E-state index in [2.05, 4.69) is 25.8 Å². The van der Waals surface area contributed by atoms with Crippen molar-refractivity contribution in [3.63, 3.8) is 0 Å². The van der Waals surface area contributed by atoms with Gasteiger partial charge in [-0.25, -0.2) is 4.79 Å². The first-order chi connectivity index (χ1) is 8.86. The van der Waals surface area contributed by atoms with Gasteiger partial charge in [0, 0.05) is 25.7 Å². The van der Waals surface area contributed by atoms with Gasteiger partial charge in [0.15, 0.2) is 0 Å². The Labute approximate surface area is 116 Å². The number of amides is 2. The third kappa shape index (κ3) is 2.72. The molecule has 0 spiro atoms. The lowest BCUT2D eigenvalue weighted by Gasteiger charge is -2.34. The normalized spacial score (nSPS) is 29.6. The molecule has 2 unspecified atom stereocenters. The number of likely N-dealkylation sites (tertiary alicyclic amines) is 1. The van der Waals surface area contributed by atoms with Gasteiger partial charge in [-0.3, -0.25) is 0 Å². The third-order valence-electron chi connectivity index (χ3n) is 4.86. The fraction of sp³-hybridized carbons (Fsp3) is 0.929. The highest BCUT2D eigenvalue weighted by Gasteiger charge is 2.45. The largest absolute Gasteiger partial charge is 0.330 e. The van der Waals surface area contributed by atoms with Crippen molar-refractivity contribution in [3.05, 3.63) is 0 Å². The van der Waals surface area contributed by atoms with Crippen LogP contribution in [0.3, 0.4) is 0 Å². The van der Waals surface area contributed by atoms with Crippen LogP contribution >= 0.6 is 0 Å². The third-order valence-corrected chi connectivity index (χ3v) is 4.86. The summed E-state index contributed by atoms with van der Waals surface area (Å²) in [4.78, 5) is 18.8. The summed E-state index contributed by atoms with van der Waals surface area (Å²) >= 11 is 0. The summed E-state index contributed by atoms with van der Waals surface area (Å²) in [5.74, 6) is 0.609. The van der Waals surface area contributed by atoms with Gasteiger partial charge in [0.2, 0.25) is 0 Å². The Morgan fingerprint density at radius 1 is 1.32 bits per heavy atom. The Bertz CT molecular complexity index is 344. The van der Waals surface area contributed by atoms with Crippen molar-refractivity contribution in [1.29, 1.82) is 0 Å². The minimum absolute atomic E-state index is 0.140. The summed E-state index contributed by atoms with van der Waals surface area (Å²) in [6.07, 6.45) is 2.05. The molecule has 2 fully saturated rings. The molecule has 2 aliphatic heterocycles. The summed E-state index contributed by atoms with van der Waals surface area (Å²) in [6, 6.07) is 0.521. The van der Waals surface area contributed by atoms with E-state index in [0.717, 1.165) is 26.1 Å². The van der Waals surface area contributed by atoms with Crippen LogP contribution in [0.2, 0.25) is 0 Å². The van der Waals surface area contributed by atoms with Crippen molar-refractivity contribution in [2.24, 2.45) is 11.7 Å². The number of nitrogens with two attached hydrogens (primary N) is 1. The van der Waals surface area contributed by atoms with Crippen LogP contribution in [0, 0.1) is 5.92 Å². The van der Waals surface area contributed by atoms with Gasteiger partial charge in [-0.1, -0.05) is 0 Å². The Morgan fingerprint density at radius 3 is 2.53 bits per heavy atom. The lowest BCUT2D eigenvalue weighted by molar-refractivity contribution is 0.145. The number of likely N-dealkylation sites (N-methyl/N-ethyl adjacent to an activating group) is 1. The molecule has 2 atom stereocenters. The molecule has 0 aromatic carbocycles. The van der Waals surface area contributed by atoms with Gasteiger partial charge < -0.3 is 20.4 Å². The van der Waals surface area contributed by atoms with Crippen LogP contribution in [0.1, 0.15) is 26.7 Å². The number of urea groups is 1. The van der Waals surface area contributed by atoms with E-state index >= 15 is 0 Å². The zero-order chi connectivity index (χ0) is 14.2. The summed E-state index contributed by atoms with van der Waals surface area (Å²) in [7, 11) is 4.11. The fourth-order valence-corrected chi connectivity index (χ4v) is 3.46. The second-order valence-electron chi connectivity index (χ2n) is 6.73. The van der Waals surface area contributed by atoms with Crippen molar-refractivity contribution in [1.82, 2.24) is 14.7 Å². The predicted octanol–water partition coefficient (Wildman–Crippen LogP) is 0.802. The van der Waals surface area contributed by atoms with E-state index in [1.54, 1.807) is 0 Å². The molecule has 0 aliphatic carbocycles. The van der Waals surface area contributed by atoms with E-state index in [-0.39, 0.29) is 11.6 Å². The first-order valence-electron chi connectivity index (χ1n) is 7.30. The van der Waals surface area contributed by atoms with Crippen LogP contribution in [0.25, 0.3) is 0 Å². The number of hydrogen-bond donors (Lipinski definition) is 1. The molecule has 110 valence electrons. The molecule has 0 bridgehead atoms. The van der Waals surface area contributed by atoms with Crippen LogP contribution in [-0.4, -0.2) is 72.6 Å². The lowest BCUT2D eigenvalue weighted by Crippen LogP contribution is -2.47. The van der Waals surface area contributed by atoms with Crippen molar-refractivity contribution in [2.75, 3.05) is 40.3 Å². The van der Waals surface area contributed by atoms with Crippen LogP contribution in [-0.2, 0) is 0 Å². The molecule has 2 heterocycles. The second kappa shape index (κ2) is 5.29. The van der Waals surface area contributed by atoms with E-state index in [1.807, 2.05) is 16.8 Å². The van der Waals surface area contributed by atoms with E-state index in [9.17, 15) is 4.79 Å². The molecular formula is C14H28N4O. The minimum atomic E-state index is -0.140. The molecule has 0 radical (unpaired) electrons. The molecule has 5 nitrogen and oxygen atoms in total. The molecule has 19 heavy (non-hydrogen) atoms. The smallest absolute Gasteiger partial charge is 0.320 e. The molecule has 2 N–H and O–H groups in total. The van der Waals surface area contributed by atoms with Gasteiger partial charge in [0.25, 0.3) is 0 Å². The number of nitrogens with zero attached hydrogens (tertiary/aromatic N) is 3. The van der Waals surface area contributed by atoms with Gasteiger partial charge in [-0.15, -0.1) is 0 Å². The van der Waals surface area contributed by atoms with E-state index in [4.69, 9.17) is 5.73 Å². The van der Waals surface area contributed by atoms with Gasteiger partial charge in [0.05, 0.1) is 6.04 Å². The van der Waals surface area contributed by atoms with Gasteiger partial charge in [0.1, 0.15) is 0 Å². The summed E-state index contributed by atoms with van der Waals surface area (Å²) in [5.41, 5.74) is 5.54. The molecule has 2 rings (SSSR count). The van der Waals surface area contributed by atoms with Crippen molar-refractivity contribution >= 4 is 6.03 Å². The Hall–Kier alpha value is -0.810. The summed E-state index contributed by atoms with van der Waals surface area (Å²) in [6.45, 7) is 7.96. The predicted molar refractivity (Wildman–Crippen MR) is 77.0 cm³/mol. The van der Waals surface area contributed by atoms with Gasteiger partial charge >= 0.3 is 6.03 Å². The van der Waals surface area contributed by atoms with E-state index in [1.165, 1.54) is 6.42 Å². The number of hydrogen-bond acceptors (Lipinski definition) is 3. The standard InChI is InChI=1S/C14H28N4O/c1-14(2,6-7-15)18-10-12(17(4)13(18)19)11-5-8-16(3)9-11/h11-12H,5-10,15H2,1-4H3. The molecule has 0 aromatic heterocycles. The highest BCUT2D eigenvalue weighted by Crippen LogP contribution is 2.32. The van der Waals surface area contributed by atoms with Gasteiger partial charge in [-0.05, 0) is 52.7 Å². The number of carbonyl (C=O) groups excluding carboxylic acids is 1. The van der Waals surface area contributed by atoms with Gasteiger partial charge in [-0.2, -0.15) is 0 Å². The first-order valence-corrected chi connectivity index (χ1v) is 7.30. The van der Waals surface area contributed by atoms with Crippen LogP contribution in [0.15, 0.2) is 0 Å². The average Bonchev–Trinajstić information content (AvgIpc) is 2.86. The van der Waals surface area contributed by atoms with Crippen molar-refractivity contribution < 1.29 is 4.79 Å². The van der Waals surface area contributed by atoms with Crippen molar-refractivity contribution in [2.45, 2.75) is 38.3 Å². The van der Waals surface area contributed by atoms with E-state index in [0.29, 0.717) is 18.5 Å². The lowest BCUT2D eigenvalue weighted by atomic mass is 9.95. The fourth-order valence-electron chi connectivity index (χ4n) is 3.46. The maximum Gasteiger partial charge on any atom is 0.320 e. The van der Waals surface area contributed by atoms with Crippen LogP contribution < -0.4 is 5.73 Å². The second-order valence-corrected chi connectivity index (χ2v) is 6.73. The molecule has 2 amide bonds. The molecule has 0 aromatic rings. The molecule has 0 saturated carbocycles. The Balaban J connectivity index is 2.08. The Morgan fingerprint density at radius 2 is 2.00 bits per heavy atom. The topological polar surface area (TPSA) is 52.8 Å². The van der Waals surface area contributed by atoms with E-state index < -0.39 is 0 Å². The summed E-state index contributed by atoms with van der Waals surface area (Å²) < 4.78 is 0. The van der Waals surface area contributed by atoms with Crippen molar-refractivity contribution in [3.8, 4) is 0 Å². The average molecular weight is 268 g/mol. The zero-order valence-electron chi connectivity index (χ0n) is 12.7. The highest BCUT2D eigenvalue weighted by atomic mass is 16.2. The number of carbonyl (C=O) groups is 1. The molecule has 5 heteroatoms. The van der Waals surface area contributed by atoms with Crippen LogP contribution in [0.4, 0.5) is 4.79 Å². The SMILES string of the molecule is CN1CCC(C2CN(C(C)(C)CCN)C(=O)N2C)C1. The molecular weight excluding hydrogens is 240 g/mol. The molecule has 2 saturated heterocycles. The Kier molecular flexibility index (Phi) is 4.06. The quantitative estimate of drug-likeness (QED) is 0.820.